The number of primary amides is 1. The highest BCUT2D eigenvalue weighted by atomic mass is 32.2. The van der Waals surface area contributed by atoms with Crippen molar-refractivity contribution in [2.75, 3.05) is 18.4 Å². The number of piperidine rings is 1. The van der Waals surface area contributed by atoms with Crippen molar-refractivity contribution in [1.82, 2.24) is 9.29 Å². The fourth-order valence-electron chi connectivity index (χ4n) is 2.09. The lowest BCUT2D eigenvalue weighted by atomic mass is 9.98. The maximum Gasteiger partial charge on any atom is 0.254 e. The second kappa shape index (κ2) is 6.08. The molecule has 1 fully saturated rings. The fourth-order valence-corrected chi connectivity index (χ4v) is 4.80. The monoisotopic (exact) mass is 332 g/mol. The number of amides is 2. The molecule has 21 heavy (non-hydrogen) atoms. The predicted octanol–water partition coefficient (Wildman–Crippen LogP) is -0.0125. The number of anilines is 1. The molecule has 1 saturated heterocycles. The standard InChI is InChI=1S/C11H16N4O4S2/c1-7(16)14-11-13-6-9(20-11)21(18,19)15-4-2-8(3-5-15)10(12)17/h6,8H,2-5H2,1H3,(H2,12,17)(H,13,14,16). The third-order valence-electron chi connectivity index (χ3n) is 3.22. The normalized spacial score (nSPS) is 17.6. The molecule has 1 aromatic rings. The summed E-state index contributed by atoms with van der Waals surface area (Å²) in [4.78, 5) is 25.9. The van der Waals surface area contributed by atoms with Gasteiger partial charge in [0.05, 0.1) is 6.20 Å². The van der Waals surface area contributed by atoms with Gasteiger partial charge in [-0.2, -0.15) is 4.31 Å². The minimum atomic E-state index is -3.64. The first-order valence-electron chi connectivity index (χ1n) is 6.33. The van der Waals surface area contributed by atoms with Crippen LogP contribution in [0.5, 0.6) is 0 Å². The van der Waals surface area contributed by atoms with Gasteiger partial charge in [-0.1, -0.05) is 11.3 Å². The van der Waals surface area contributed by atoms with E-state index in [0.717, 1.165) is 11.3 Å². The molecule has 116 valence electrons. The van der Waals surface area contributed by atoms with Gasteiger partial charge in [0.2, 0.25) is 11.8 Å². The van der Waals surface area contributed by atoms with Gasteiger partial charge in [0, 0.05) is 25.9 Å². The molecule has 2 amide bonds. The second-order valence-corrected chi connectivity index (χ2v) is 7.94. The predicted molar refractivity (Wildman–Crippen MR) is 77.1 cm³/mol. The zero-order valence-corrected chi connectivity index (χ0v) is 13.0. The molecule has 2 heterocycles. The molecule has 10 heteroatoms. The maximum atomic E-state index is 12.4. The second-order valence-electron chi connectivity index (χ2n) is 4.75. The number of carbonyl (C=O) groups excluding carboxylic acids is 2. The van der Waals surface area contributed by atoms with E-state index in [9.17, 15) is 18.0 Å². The van der Waals surface area contributed by atoms with Crippen molar-refractivity contribution in [3.8, 4) is 0 Å². The van der Waals surface area contributed by atoms with Crippen LogP contribution in [-0.2, 0) is 19.6 Å². The number of aromatic nitrogens is 1. The van der Waals surface area contributed by atoms with Gasteiger partial charge in [-0.05, 0) is 12.8 Å². The Kier molecular flexibility index (Phi) is 4.59. The van der Waals surface area contributed by atoms with E-state index in [2.05, 4.69) is 10.3 Å². The zero-order valence-electron chi connectivity index (χ0n) is 11.4. The van der Waals surface area contributed by atoms with Crippen molar-refractivity contribution in [2.45, 2.75) is 24.0 Å². The maximum absolute atomic E-state index is 12.4. The Morgan fingerprint density at radius 2 is 2.05 bits per heavy atom. The van der Waals surface area contributed by atoms with Crippen LogP contribution in [0.25, 0.3) is 0 Å². The number of thiazole rings is 1. The minimum Gasteiger partial charge on any atom is -0.369 e. The average molecular weight is 332 g/mol. The summed E-state index contributed by atoms with van der Waals surface area (Å²) in [6, 6.07) is 0. The number of carbonyl (C=O) groups is 2. The van der Waals surface area contributed by atoms with Crippen molar-refractivity contribution < 1.29 is 18.0 Å². The number of nitrogens with two attached hydrogens (primary N) is 1. The molecular formula is C11H16N4O4S2. The van der Waals surface area contributed by atoms with Gasteiger partial charge in [-0.25, -0.2) is 13.4 Å². The van der Waals surface area contributed by atoms with E-state index >= 15 is 0 Å². The number of hydrogen-bond donors (Lipinski definition) is 2. The van der Waals surface area contributed by atoms with Crippen LogP contribution in [0.2, 0.25) is 0 Å². The first kappa shape index (κ1) is 15.9. The third kappa shape index (κ3) is 3.57. The lowest BCUT2D eigenvalue weighted by molar-refractivity contribution is -0.122. The van der Waals surface area contributed by atoms with E-state index in [4.69, 9.17) is 5.73 Å². The minimum absolute atomic E-state index is 0.0729. The Morgan fingerprint density at radius 3 is 2.57 bits per heavy atom. The largest absolute Gasteiger partial charge is 0.369 e. The summed E-state index contributed by atoms with van der Waals surface area (Å²) in [5, 5.41) is 2.69. The van der Waals surface area contributed by atoms with Crippen LogP contribution in [0.1, 0.15) is 19.8 Å². The summed E-state index contributed by atoms with van der Waals surface area (Å²) in [5.41, 5.74) is 5.23. The van der Waals surface area contributed by atoms with E-state index in [1.807, 2.05) is 0 Å². The number of hydrogen-bond acceptors (Lipinski definition) is 6. The Hall–Kier alpha value is -1.52. The van der Waals surface area contributed by atoms with Gasteiger partial charge in [0.25, 0.3) is 10.0 Å². The lowest BCUT2D eigenvalue weighted by Gasteiger charge is -2.29. The molecule has 1 aliphatic rings. The highest BCUT2D eigenvalue weighted by Crippen LogP contribution is 2.28. The first-order valence-corrected chi connectivity index (χ1v) is 8.59. The summed E-state index contributed by atoms with van der Waals surface area (Å²) in [5.74, 6) is -0.971. The van der Waals surface area contributed by atoms with Crippen LogP contribution in [0.3, 0.4) is 0 Å². The van der Waals surface area contributed by atoms with Crippen LogP contribution in [0.4, 0.5) is 5.13 Å². The van der Waals surface area contributed by atoms with E-state index in [1.165, 1.54) is 17.4 Å². The van der Waals surface area contributed by atoms with Crippen molar-refractivity contribution in [2.24, 2.45) is 11.7 Å². The molecule has 8 nitrogen and oxygen atoms in total. The molecule has 0 unspecified atom stereocenters. The molecule has 0 saturated carbocycles. The van der Waals surface area contributed by atoms with Crippen molar-refractivity contribution in [3.63, 3.8) is 0 Å². The molecular weight excluding hydrogens is 316 g/mol. The SMILES string of the molecule is CC(=O)Nc1ncc(S(=O)(=O)N2CCC(C(N)=O)CC2)s1. The number of sulfonamides is 1. The Balaban J connectivity index is 2.10. The van der Waals surface area contributed by atoms with E-state index in [0.29, 0.717) is 12.8 Å². The lowest BCUT2D eigenvalue weighted by Crippen LogP contribution is -2.41. The molecule has 1 aliphatic heterocycles. The molecule has 0 bridgehead atoms. The third-order valence-corrected chi connectivity index (χ3v) is 6.47. The summed E-state index contributed by atoms with van der Waals surface area (Å²) < 4.78 is 26.3. The number of rotatable bonds is 4. The molecule has 1 aromatic heterocycles. The summed E-state index contributed by atoms with van der Waals surface area (Å²) in [6.07, 6.45) is 2.07. The molecule has 3 N–H and O–H groups in total. The Morgan fingerprint density at radius 1 is 1.43 bits per heavy atom. The van der Waals surface area contributed by atoms with Gasteiger partial charge in [-0.3, -0.25) is 9.59 Å². The topological polar surface area (TPSA) is 122 Å². The summed E-state index contributed by atoms with van der Waals surface area (Å²) >= 11 is 0.905. The van der Waals surface area contributed by atoms with Crippen molar-refractivity contribution in [3.05, 3.63) is 6.20 Å². The fraction of sp³-hybridized carbons (Fsp3) is 0.545. The molecule has 0 spiro atoms. The van der Waals surface area contributed by atoms with Gasteiger partial charge in [-0.15, -0.1) is 0 Å². The molecule has 0 aromatic carbocycles. The van der Waals surface area contributed by atoms with Gasteiger partial charge in [0.15, 0.2) is 9.34 Å². The molecule has 0 aliphatic carbocycles. The molecule has 2 rings (SSSR count). The van der Waals surface area contributed by atoms with Crippen LogP contribution in [0, 0.1) is 5.92 Å². The van der Waals surface area contributed by atoms with Crippen LogP contribution >= 0.6 is 11.3 Å². The quantitative estimate of drug-likeness (QED) is 0.802. The summed E-state index contributed by atoms with van der Waals surface area (Å²) in [6.45, 7) is 1.83. The Labute approximate surface area is 126 Å². The van der Waals surface area contributed by atoms with E-state index < -0.39 is 15.9 Å². The van der Waals surface area contributed by atoms with E-state index in [-0.39, 0.29) is 34.3 Å². The highest BCUT2D eigenvalue weighted by Gasteiger charge is 2.32. The number of nitrogens with one attached hydrogen (secondary N) is 1. The average Bonchev–Trinajstić information content (AvgIpc) is 2.87. The van der Waals surface area contributed by atoms with Gasteiger partial charge in [0.1, 0.15) is 0 Å². The zero-order chi connectivity index (χ0) is 15.6. The molecule has 0 atom stereocenters. The first-order chi connectivity index (χ1) is 9.80. The van der Waals surface area contributed by atoms with Crippen LogP contribution in [-0.4, -0.2) is 42.6 Å². The van der Waals surface area contributed by atoms with Crippen molar-refractivity contribution in [1.29, 1.82) is 0 Å². The van der Waals surface area contributed by atoms with Crippen LogP contribution < -0.4 is 11.1 Å². The van der Waals surface area contributed by atoms with Gasteiger partial charge < -0.3 is 11.1 Å². The van der Waals surface area contributed by atoms with Crippen molar-refractivity contribution >= 4 is 38.3 Å². The summed E-state index contributed by atoms with van der Waals surface area (Å²) in [7, 11) is -3.64. The van der Waals surface area contributed by atoms with Crippen LogP contribution in [0.15, 0.2) is 10.4 Å². The van der Waals surface area contributed by atoms with E-state index in [1.54, 1.807) is 0 Å². The Bertz CT molecular complexity index is 647. The highest BCUT2D eigenvalue weighted by molar-refractivity contribution is 7.91. The smallest absolute Gasteiger partial charge is 0.254 e. The molecule has 0 radical (unpaired) electrons. The van der Waals surface area contributed by atoms with Gasteiger partial charge >= 0.3 is 0 Å². The number of nitrogens with zero attached hydrogens (tertiary/aromatic N) is 2.